The molecule has 0 saturated heterocycles. The lowest BCUT2D eigenvalue weighted by Crippen LogP contribution is -1.90. The second kappa shape index (κ2) is 2.95. The van der Waals surface area contributed by atoms with Crippen molar-refractivity contribution in [1.82, 2.24) is 9.78 Å². The van der Waals surface area contributed by atoms with Crippen molar-refractivity contribution in [2.24, 2.45) is 7.05 Å². The van der Waals surface area contributed by atoms with Gasteiger partial charge in [-0.25, -0.2) is 0 Å². The lowest BCUT2D eigenvalue weighted by molar-refractivity contribution is -0.383. The van der Waals surface area contributed by atoms with Gasteiger partial charge < -0.3 is 0 Å². The van der Waals surface area contributed by atoms with Crippen LogP contribution in [0, 0.1) is 10.1 Å². The molecule has 0 radical (unpaired) electrons. The summed E-state index contributed by atoms with van der Waals surface area (Å²) in [7, 11) is 1.69. The van der Waals surface area contributed by atoms with Crippen LogP contribution >= 0.6 is 11.6 Å². The van der Waals surface area contributed by atoms with Gasteiger partial charge in [-0.05, 0) is 6.07 Å². The molecule has 0 spiro atoms. The number of aromatic nitrogens is 2. The minimum absolute atomic E-state index is 0.0231. The Morgan fingerprint density at radius 3 is 2.93 bits per heavy atom. The van der Waals surface area contributed by atoms with E-state index in [1.807, 2.05) is 0 Å². The number of nitro benzene ring substituents is 1. The fraction of sp³-hybridized carbons (Fsp3) is 0.125. The average Bonchev–Trinajstić information content (AvgIpc) is 2.47. The van der Waals surface area contributed by atoms with Crippen molar-refractivity contribution < 1.29 is 4.92 Å². The van der Waals surface area contributed by atoms with Crippen LogP contribution in [-0.2, 0) is 7.05 Å². The normalized spacial score (nSPS) is 10.7. The van der Waals surface area contributed by atoms with Crippen LogP contribution in [0.1, 0.15) is 0 Å². The van der Waals surface area contributed by atoms with Gasteiger partial charge in [-0.15, -0.1) is 0 Å². The van der Waals surface area contributed by atoms with E-state index in [0.29, 0.717) is 15.9 Å². The van der Waals surface area contributed by atoms with Crippen LogP contribution in [0.5, 0.6) is 0 Å². The molecule has 0 aliphatic carbocycles. The van der Waals surface area contributed by atoms with Crippen molar-refractivity contribution in [2.45, 2.75) is 0 Å². The van der Waals surface area contributed by atoms with Gasteiger partial charge in [-0.1, -0.05) is 11.6 Å². The van der Waals surface area contributed by atoms with Crippen LogP contribution in [0.25, 0.3) is 10.9 Å². The van der Waals surface area contributed by atoms with E-state index in [0.717, 1.165) is 0 Å². The highest BCUT2D eigenvalue weighted by Gasteiger charge is 2.16. The van der Waals surface area contributed by atoms with E-state index >= 15 is 0 Å². The summed E-state index contributed by atoms with van der Waals surface area (Å²) in [5, 5.41) is 15.7. The van der Waals surface area contributed by atoms with Crippen LogP contribution in [0.15, 0.2) is 18.3 Å². The van der Waals surface area contributed by atoms with Gasteiger partial charge in [-0.2, -0.15) is 5.10 Å². The average molecular weight is 212 g/mol. The molecule has 1 aromatic carbocycles. The lowest BCUT2D eigenvalue weighted by atomic mass is 10.2. The Kier molecular flexibility index (Phi) is 1.89. The number of benzene rings is 1. The summed E-state index contributed by atoms with van der Waals surface area (Å²) in [6.07, 6.45) is 1.66. The maximum atomic E-state index is 10.6. The highest BCUT2D eigenvalue weighted by Crippen LogP contribution is 2.29. The highest BCUT2D eigenvalue weighted by atomic mass is 35.5. The van der Waals surface area contributed by atoms with Crippen molar-refractivity contribution in [2.75, 3.05) is 0 Å². The van der Waals surface area contributed by atoms with Crippen LogP contribution in [-0.4, -0.2) is 14.7 Å². The van der Waals surface area contributed by atoms with Gasteiger partial charge in [0.05, 0.1) is 9.95 Å². The Morgan fingerprint density at radius 1 is 1.57 bits per heavy atom. The molecule has 0 bridgehead atoms. The molecule has 5 nitrogen and oxygen atoms in total. The fourth-order valence-electron chi connectivity index (χ4n) is 1.32. The molecule has 0 unspecified atom stereocenters. The Balaban J connectivity index is 2.87. The van der Waals surface area contributed by atoms with E-state index in [1.165, 1.54) is 16.8 Å². The van der Waals surface area contributed by atoms with E-state index in [4.69, 9.17) is 11.6 Å². The van der Waals surface area contributed by atoms with Gasteiger partial charge in [0.2, 0.25) is 0 Å². The molecule has 2 aromatic rings. The van der Waals surface area contributed by atoms with Gasteiger partial charge in [-0.3, -0.25) is 14.8 Å². The molecule has 1 heterocycles. The predicted octanol–water partition coefficient (Wildman–Crippen LogP) is 2.13. The predicted molar refractivity (Wildman–Crippen MR) is 52.4 cm³/mol. The molecule has 0 aliphatic heterocycles. The van der Waals surface area contributed by atoms with E-state index in [2.05, 4.69) is 5.10 Å². The van der Waals surface area contributed by atoms with Crippen LogP contribution < -0.4 is 0 Å². The summed E-state index contributed by atoms with van der Waals surface area (Å²) in [6, 6.07) is 2.86. The topological polar surface area (TPSA) is 61.0 Å². The Morgan fingerprint density at radius 2 is 2.29 bits per heavy atom. The zero-order valence-corrected chi connectivity index (χ0v) is 8.02. The first kappa shape index (κ1) is 8.96. The molecule has 0 atom stereocenters. The second-order valence-electron chi connectivity index (χ2n) is 2.89. The Bertz CT molecular complexity index is 521. The minimum Gasteiger partial charge on any atom is -0.274 e. The van der Waals surface area contributed by atoms with E-state index in [9.17, 15) is 10.1 Å². The molecule has 0 N–H and O–H groups in total. The Labute approximate surface area is 84.0 Å². The SMILES string of the molecule is Cn1cc2c(Cl)ccc([N+](=O)[O-])c2n1. The zero-order chi connectivity index (χ0) is 10.3. The number of fused-ring (bicyclic) bond motifs is 1. The molecule has 14 heavy (non-hydrogen) atoms. The zero-order valence-electron chi connectivity index (χ0n) is 7.27. The van der Waals surface area contributed by atoms with Crippen molar-refractivity contribution in [1.29, 1.82) is 0 Å². The molecule has 2 rings (SSSR count). The van der Waals surface area contributed by atoms with Crippen molar-refractivity contribution in [3.63, 3.8) is 0 Å². The molecule has 0 amide bonds. The van der Waals surface area contributed by atoms with Crippen LogP contribution in [0.4, 0.5) is 5.69 Å². The quantitative estimate of drug-likeness (QED) is 0.536. The standard InChI is InChI=1S/C8H6ClN3O2/c1-11-4-5-6(9)2-3-7(12(13)14)8(5)10-11/h2-4H,1H3. The first-order valence-electron chi connectivity index (χ1n) is 3.86. The maximum absolute atomic E-state index is 10.6. The Hall–Kier alpha value is -1.62. The smallest absolute Gasteiger partial charge is 0.274 e. The van der Waals surface area contributed by atoms with Crippen molar-refractivity contribution in [3.05, 3.63) is 33.5 Å². The van der Waals surface area contributed by atoms with Gasteiger partial charge >= 0.3 is 0 Å². The fourth-order valence-corrected chi connectivity index (χ4v) is 1.52. The maximum Gasteiger partial charge on any atom is 0.297 e. The van der Waals surface area contributed by atoms with Gasteiger partial charge in [0.25, 0.3) is 5.69 Å². The molecule has 72 valence electrons. The van der Waals surface area contributed by atoms with Gasteiger partial charge in [0.1, 0.15) is 0 Å². The summed E-state index contributed by atoms with van der Waals surface area (Å²) in [4.78, 5) is 10.2. The number of non-ortho nitro benzene ring substituents is 1. The first-order valence-corrected chi connectivity index (χ1v) is 4.23. The van der Waals surface area contributed by atoms with Crippen molar-refractivity contribution in [3.8, 4) is 0 Å². The van der Waals surface area contributed by atoms with Gasteiger partial charge in [0.15, 0.2) is 5.52 Å². The lowest BCUT2D eigenvalue weighted by Gasteiger charge is -1.93. The number of halogens is 1. The number of nitrogens with zero attached hydrogens (tertiary/aromatic N) is 3. The highest BCUT2D eigenvalue weighted by molar-refractivity contribution is 6.35. The molecule has 0 saturated carbocycles. The monoisotopic (exact) mass is 211 g/mol. The number of nitro groups is 1. The van der Waals surface area contributed by atoms with Gasteiger partial charge in [0, 0.05) is 24.7 Å². The molecular formula is C8H6ClN3O2. The third-order valence-electron chi connectivity index (χ3n) is 1.91. The van der Waals surface area contributed by atoms with E-state index in [-0.39, 0.29) is 5.69 Å². The number of hydrogen-bond acceptors (Lipinski definition) is 3. The first-order chi connectivity index (χ1) is 6.59. The number of rotatable bonds is 1. The van der Waals surface area contributed by atoms with Crippen LogP contribution in [0.3, 0.4) is 0 Å². The number of aryl methyl sites for hydroxylation is 1. The summed E-state index contributed by atoms with van der Waals surface area (Å²) in [5.74, 6) is 0. The summed E-state index contributed by atoms with van der Waals surface area (Å²) in [6.45, 7) is 0. The van der Waals surface area contributed by atoms with E-state index < -0.39 is 4.92 Å². The summed E-state index contributed by atoms with van der Waals surface area (Å²) < 4.78 is 1.50. The summed E-state index contributed by atoms with van der Waals surface area (Å²) >= 11 is 5.87. The summed E-state index contributed by atoms with van der Waals surface area (Å²) in [5.41, 5.74) is 0.301. The van der Waals surface area contributed by atoms with Crippen LogP contribution in [0.2, 0.25) is 5.02 Å². The third-order valence-corrected chi connectivity index (χ3v) is 2.24. The molecular weight excluding hydrogens is 206 g/mol. The second-order valence-corrected chi connectivity index (χ2v) is 3.30. The third kappa shape index (κ3) is 1.22. The molecule has 0 aliphatic rings. The molecule has 0 fully saturated rings. The van der Waals surface area contributed by atoms with Crippen molar-refractivity contribution >= 4 is 28.2 Å². The molecule has 6 heteroatoms. The largest absolute Gasteiger partial charge is 0.297 e. The molecule has 1 aromatic heterocycles. The van der Waals surface area contributed by atoms with E-state index in [1.54, 1.807) is 13.2 Å². The number of hydrogen-bond donors (Lipinski definition) is 0. The minimum atomic E-state index is -0.467.